The Labute approximate surface area is 200 Å². The highest BCUT2D eigenvalue weighted by molar-refractivity contribution is 8.55. The van der Waals surface area contributed by atoms with Crippen molar-refractivity contribution in [2.45, 2.75) is 57.8 Å². The van der Waals surface area contributed by atoms with E-state index in [9.17, 15) is 13.0 Å². The van der Waals surface area contributed by atoms with Crippen LogP contribution in [-0.4, -0.2) is 31.5 Å². The Morgan fingerprint density at radius 1 is 1.00 bits per heavy atom. The topological polar surface area (TPSA) is 82.6 Å². The van der Waals surface area contributed by atoms with E-state index in [-0.39, 0.29) is 17.3 Å². The number of fused-ring (bicyclic) bond motifs is 2. The van der Waals surface area contributed by atoms with E-state index < -0.39 is 16.6 Å². The average molecular weight is 510 g/mol. The molecule has 180 valence electrons. The number of benzene rings is 2. The lowest BCUT2D eigenvalue weighted by Crippen LogP contribution is -2.09. The van der Waals surface area contributed by atoms with E-state index in [4.69, 9.17) is 14.0 Å². The molecule has 1 unspecified atom stereocenters. The summed E-state index contributed by atoms with van der Waals surface area (Å²) in [6.07, 6.45) is 4.36. The van der Waals surface area contributed by atoms with Crippen LogP contribution in [0, 0.1) is 0 Å². The Morgan fingerprint density at radius 3 is 2.52 bits per heavy atom. The van der Waals surface area contributed by atoms with Crippen molar-refractivity contribution < 1.29 is 22.0 Å². The lowest BCUT2D eigenvalue weighted by Gasteiger charge is -2.19. The highest BCUT2D eigenvalue weighted by atomic mass is 32.7. The molecule has 0 aliphatic heterocycles. The van der Waals surface area contributed by atoms with Crippen molar-refractivity contribution in [2.75, 3.05) is 18.1 Å². The van der Waals surface area contributed by atoms with Crippen LogP contribution in [0.25, 0.3) is 21.8 Å². The maximum Gasteiger partial charge on any atom is 0.440 e. The van der Waals surface area contributed by atoms with Crippen LogP contribution in [0.5, 0.6) is 5.75 Å². The summed E-state index contributed by atoms with van der Waals surface area (Å²) in [5.74, 6) is 1.01. The van der Waals surface area contributed by atoms with E-state index in [2.05, 4.69) is 6.92 Å². The van der Waals surface area contributed by atoms with Crippen LogP contribution in [0.4, 0.5) is 0 Å². The van der Waals surface area contributed by atoms with Gasteiger partial charge in [0.2, 0.25) is 0 Å². The van der Waals surface area contributed by atoms with E-state index in [1.165, 1.54) is 6.07 Å². The van der Waals surface area contributed by atoms with Gasteiger partial charge in [-0.1, -0.05) is 51.3 Å². The predicted octanol–water partition coefficient (Wildman–Crippen LogP) is 7.41. The second kappa shape index (κ2) is 11.7. The average Bonchev–Trinajstić information content (AvgIpc) is 2.79. The number of para-hydroxylation sites is 1. The van der Waals surface area contributed by atoms with Crippen molar-refractivity contribution in [1.82, 2.24) is 4.98 Å². The summed E-state index contributed by atoms with van der Waals surface area (Å²) in [6, 6.07) is 12.5. The molecule has 0 saturated heterocycles. The molecule has 1 atom stereocenters. The van der Waals surface area contributed by atoms with Crippen molar-refractivity contribution in [1.29, 1.82) is 0 Å². The van der Waals surface area contributed by atoms with Crippen LogP contribution in [0.1, 0.15) is 52.9 Å². The van der Waals surface area contributed by atoms with Crippen LogP contribution in [0.3, 0.4) is 0 Å². The number of hydrogen-bond donors (Lipinski definition) is 0. The van der Waals surface area contributed by atoms with Gasteiger partial charge in [0, 0.05) is 16.5 Å². The quantitative estimate of drug-likeness (QED) is 0.135. The molecule has 0 amide bonds. The molecule has 6 nitrogen and oxygen atoms in total. The largest absolute Gasteiger partial charge is 0.440 e. The van der Waals surface area contributed by atoms with Crippen LogP contribution in [0.2, 0.25) is 0 Å². The lowest BCUT2D eigenvalue weighted by atomic mass is 10.1. The molecule has 1 aromatic heterocycles. The molecule has 0 N–H and O–H groups in total. The monoisotopic (exact) mass is 509 g/mol. The first-order valence-corrected chi connectivity index (χ1v) is 16.3. The zero-order valence-electron chi connectivity index (χ0n) is 19.5. The molecule has 3 rings (SSSR count). The van der Waals surface area contributed by atoms with E-state index >= 15 is 0 Å². The Balaban J connectivity index is 2.12. The molecule has 0 aliphatic carbocycles. The van der Waals surface area contributed by atoms with Gasteiger partial charge in [0.05, 0.1) is 28.3 Å². The van der Waals surface area contributed by atoms with Gasteiger partial charge >= 0.3 is 6.80 Å². The minimum atomic E-state index is -3.54. The first-order chi connectivity index (χ1) is 15.8. The maximum atomic E-state index is 13.3. The Kier molecular flexibility index (Phi) is 9.22. The highest BCUT2D eigenvalue weighted by Gasteiger charge is 2.29. The molecule has 9 heteroatoms. The molecule has 0 fully saturated rings. The standard InChI is InChI=1S/C24H32NO5PS2/c1-4-7-8-11-17-33(27,28)23-15-14-22(30-31(26,29-6-3)32-16-5-2)20-18-19-12-9-10-13-21(19)25-24(20)23/h9-10,12-15,18H,4-8,11,16-17H2,1-3H3. The number of unbranched alkanes of at least 4 members (excludes halogenated alkanes) is 3. The van der Waals surface area contributed by atoms with Gasteiger partial charge in [0.15, 0.2) is 9.84 Å². The van der Waals surface area contributed by atoms with E-state index in [1.54, 1.807) is 13.0 Å². The molecule has 2 aromatic carbocycles. The fourth-order valence-corrected chi connectivity index (χ4v) is 8.53. The van der Waals surface area contributed by atoms with Crippen molar-refractivity contribution in [3.63, 3.8) is 0 Å². The third-order valence-electron chi connectivity index (χ3n) is 5.16. The van der Waals surface area contributed by atoms with Gasteiger partial charge in [-0.15, -0.1) is 0 Å². The van der Waals surface area contributed by atoms with Gasteiger partial charge in [-0.2, -0.15) is 0 Å². The predicted molar refractivity (Wildman–Crippen MR) is 138 cm³/mol. The van der Waals surface area contributed by atoms with Gasteiger partial charge in [-0.25, -0.2) is 18.0 Å². The third kappa shape index (κ3) is 6.50. The minimum Gasteiger partial charge on any atom is -0.416 e. The number of sulfone groups is 1. The molecule has 0 radical (unpaired) electrons. The second-order valence-corrected chi connectivity index (χ2v) is 14.0. The number of rotatable bonds is 13. The summed E-state index contributed by atoms with van der Waals surface area (Å²) in [4.78, 5) is 4.87. The lowest BCUT2D eigenvalue weighted by molar-refractivity contribution is 0.297. The van der Waals surface area contributed by atoms with Crippen LogP contribution in [-0.2, 0) is 18.9 Å². The summed E-state index contributed by atoms with van der Waals surface area (Å²) >= 11 is 1.15. The van der Waals surface area contributed by atoms with Crippen molar-refractivity contribution in [3.8, 4) is 5.75 Å². The number of hydrogen-bond acceptors (Lipinski definition) is 7. The first-order valence-electron chi connectivity index (χ1n) is 11.5. The fraction of sp³-hybridized carbons (Fsp3) is 0.458. The van der Waals surface area contributed by atoms with Gasteiger partial charge in [-0.3, -0.25) is 4.52 Å². The number of aromatic nitrogens is 1. The molecule has 0 saturated carbocycles. The zero-order chi connectivity index (χ0) is 23.9. The molecule has 0 spiro atoms. The summed E-state index contributed by atoms with van der Waals surface area (Å²) in [6.45, 7) is 2.64. The summed E-state index contributed by atoms with van der Waals surface area (Å²) in [7, 11) is -3.54. The molecule has 3 aromatic rings. The van der Waals surface area contributed by atoms with E-state index in [1.807, 2.05) is 37.3 Å². The Morgan fingerprint density at radius 2 is 1.79 bits per heavy atom. The van der Waals surface area contributed by atoms with E-state index in [0.717, 1.165) is 42.5 Å². The van der Waals surface area contributed by atoms with Crippen molar-refractivity contribution in [2.24, 2.45) is 0 Å². The van der Waals surface area contributed by atoms with Gasteiger partial charge in [0.25, 0.3) is 0 Å². The maximum absolute atomic E-state index is 13.3. The van der Waals surface area contributed by atoms with Gasteiger partial charge in [-0.05, 0) is 55.4 Å². The van der Waals surface area contributed by atoms with Gasteiger partial charge < -0.3 is 4.52 Å². The molecular formula is C24H32NO5PS2. The van der Waals surface area contributed by atoms with Crippen molar-refractivity contribution >= 4 is 49.8 Å². The van der Waals surface area contributed by atoms with Crippen LogP contribution < -0.4 is 4.52 Å². The molecule has 0 aliphatic rings. The fourth-order valence-electron chi connectivity index (χ4n) is 3.54. The van der Waals surface area contributed by atoms with Gasteiger partial charge in [0.1, 0.15) is 5.75 Å². The van der Waals surface area contributed by atoms with Crippen LogP contribution in [0.15, 0.2) is 47.4 Å². The molecule has 0 bridgehead atoms. The molecular weight excluding hydrogens is 477 g/mol. The Hall–Kier alpha value is -1.60. The third-order valence-corrected chi connectivity index (χ3v) is 10.9. The zero-order valence-corrected chi connectivity index (χ0v) is 22.0. The number of pyridine rings is 1. The highest BCUT2D eigenvalue weighted by Crippen LogP contribution is 2.61. The Bertz CT molecular complexity index is 1250. The molecule has 1 heterocycles. The first kappa shape index (κ1) is 26.0. The van der Waals surface area contributed by atoms with E-state index in [0.29, 0.717) is 34.3 Å². The minimum absolute atomic E-state index is 0.0700. The summed E-state index contributed by atoms with van der Waals surface area (Å²) < 4.78 is 51.2. The van der Waals surface area contributed by atoms with Crippen molar-refractivity contribution in [3.05, 3.63) is 42.5 Å². The second-order valence-electron chi connectivity index (χ2n) is 7.81. The summed E-state index contributed by atoms with van der Waals surface area (Å²) in [5.41, 5.74) is 1.03. The van der Waals surface area contributed by atoms with Crippen LogP contribution >= 0.6 is 18.2 Å². The number of nitrogens with zero attached hydrogens (tertiary/aromatic N) is 1. The molecule has 33 heavy (non-hydrogen) atoms. The normalized spacial score (nSPS) is 13.9. The smallest absolute Gasteiger partial charge is 0.416 e. The SMILES string of the molecule is CCCCCCS(=O)(=O)c1ccc(OP(=O)(OCC)SCCC)c2cc3ccccc3nc12. The summed E-state index contributed by atoms with van der Waals surface area (Å²) in [5, 5.41) is 1.36.